The standard InChI is InChI=1S/C16H30N2O4S/c1-13(11-22-15-5-3-4-6-15)12-23(20,21)18-9-7-14(8-10-18)16(19)17-2/h13-15H,3-12H2,1-2H3,(H,17,19). The van der Waals surface area contributed by atoms with Crippen molar-refractivity contribution in [2.45, 2.75) is 51.6 Å². The quantitative estimate of drug-likeness (QED) is 0.755. The van der Waals surface area contributed by atoms with Gasteiger partial charge in [0.1, 0.15) is 0 Å². The number of hydrogen-bond acceptors (Lipinski definition) is 4. The molecule has 1 heterocycles. The number of nitrogens with one attached hydrogen (secondary N) is 1. The van der Waals surface area contributed by atoms with Crippen LogP contribution >= 0.6 is 0 Å². The molecule has 1 N–H and O–H groups in total. The summed E-state index contributed by atoms with van der Waals surface area (Å²) in [5.41, 5.74) is 0. The van der Waals surface area contributed by atoms with Crippen LogP contribution in [0.2, 0.25) is 0 Å². The Morgan fingerprint density at radius 1 is 1.22 bits per heavy atom. The van der Waals surface area contributed by atoms with Crippen molar-refractivity contribution in [3.05, 3.63) is 0 Å². The first-order valence-electron chi connectivity index (χ1n) is 8.73. The number of carbonyl (C=O) groups excluding carboxylic acids is 1. The molecule has 0 radical (unpaired) electrons. The average Bonchev–Trinajstić information content (AvgIpc) is 3.05. The lowest BCUT2D eigenvalue weighted by atomic mass is 9.97. The number of sulfonamides is 1. The number of carbonyl (C=O) groups is 1. The Kier molecular flexibility index (Phi) is 6.85. The van der Waals surface area contributed by atoms with Gasteiger partial charge in [0.15, 0.2) is 0 Å². The molecule has 2 aliphatic rings. The van der Waals surface area contributed by atoms with Crippen LogP contribution in [0.4, 0.5) is 0 Å². The topological polar surface area (TPSA) is 75.7 Å². The Morgan fingerprint density at radius 2 is 1.83 bits per heavy atom. The van der Waals surface area contributed by atoms with Crippen LogP contribution < -0.4 is 5.32 Å². The molecule has 2 rings (SSSR count). The molecule has 0 bridgehead atoms. The predicted molar refractivity (Wildman–Crippen MR) is 89.5 cm³/mol. The zero-order chi connectivity index (χ0) is 16.9. The fraction of sp³-hybridized carbons (Fsp3) is 0.938. The molecule has 0 aromatic carbocycles. The van der Waals surface area contributed by atoms with E-state index in [2.05, 4.69) is 5.32 Å². The summed E-state index contributed by atoms with van der Waals surface area (Å²) in [6.07, 6.45) is 6.18. The van der Waals surface area contributed by atoms with Gasteiger partial charge in [-0.1, -0.05) is 19.8 Å². The molecule has 1 unspecified atom stereocenters. The molecule has 0 spiro atoms. The normalized spacial score (nSPS) is 23.0. The van der Waals surface area contributed by atoms with E-state index in [-0.39, 0.29) is 23.5 Å². The molecule has 1 aliphatic carbocycles. The van der Waals surface area contributed by atoms with Gasteiger partial charge >= 0.3 is 0 Å². The third-order valence-electron chi connectivity index (χ3n) is 4.88. The third-order valence-corrected chi connectivity index (χ3v) is 7.02. The smallest absolute Gasteiger partial charge is 0.222 e. The summed E-state index contributed by atoms with van der Waals surface area (Å²) in [5.74, 6) is 0.0805. The van der Waals surface area contributed by atoms with Crippen LogP contribution in [-0.4, -0.2) is 57.2 Å². The zero-order valence-corrected chi connectivity index (χ0v) is 15.1. The van der Waals surface area contributed by atoms with E-state index < -0.39 is 10.0 Å². The summed E-state index contributed by atoms with van der Waals surface area (Å²) < 4.78 is 32.4. The fourth-order valence-electron chi connectivity index (χ4n) is 3.47. The van der Waals surface area contributed by atoms with Crippen LogP contribution in [-0.2, 0) is 19.6 Å². The maximum Gasteiger partial charge on any atom is 0.222 e. The van der Waals surface area contributed by atoms with Gasteiger partial charge in [-0.2, -0.15) is 0 Å². The van der Waals surface area contributed by atoms with E-state index in [0.717, 1.165) is 12.8 Å². The van der Waals surface area contributed by atoms with E-state index in [4.69, 9.17) is 4.74 Å². The van der Waals surface area contributed by atoms with Crippen molar-refractivity contribution in [1.82, 2.24) is 9.62 Å². The summed E-state index contributed by atoms with van der Waals surface area (Å²) in [7, 11) is -1.64. The maximum atomic E-state index is 12.5. The molecule has 7 heteroatoms. The van der Waals surface area contributed by atoms with Gasteiger partial charge < -0.3 is 10.1 Å². The number of hydrogen-bond donors (Lipinski definition) is 1. The van der Waals surface area contributed by atoms with Crippen molar-refractivity contribution in [1.29, 1.82) is 0 Å². The highest BCUT2D eigenvalue weighted by Gasteiger charge is 2.31. The van der Waals surface area contributed by atoms with E-state index >= 15 is 0 Å². The lowest BCUT2D eigenvalue weighted by Crippen LogP contribution is -2.44. The lowest BCUT2D eigenvalue weighted by Gasteiger charge is -2.31. The van der Waals surface area contributed by atoms with Crippen molar-refractivity contribution >= 4 is 15.9 Å². The predicted octanol–water partition coefficient (Wildman–Crippen LogP) is 1.37. The van der Waals surface area contributed by atoms with Crippen molar-refractivity contribution in [3.8, 4) is 0 Å². The molecule has 1 saturated carbocycles. The molecule has 2 fully saturated rings. The Balaban J connectivity index is 1.76. The first-order chi connectivity index (χ1) is 10.9. The Bertz CT molecular complexity index is 480. The van der Waals surface area contributed by atoms with Gasteiger partial charge in [0.05, 0.1) is 18.5 Å². The number of amides is 1. The van der Waals surface area contributed by atoms with Crippen molar-refractivity contribution < 1.29 is 17.9 Å². The minimum Gasteiger partial charge on any atom is -0.378 e. The summed E-state index contributed by atoms with van der Waals surface area (Å²) in [6.45, 7) is 3.33. The zero-order valence-electron chi connectivity index (χ0n) is 14.3. The summed E-state index contributed by atoms with van der Waals surface area (Å²) >= 11 is 0. The van der Waals surface area contributed by atoms with Crippen LogP contribution in [0.5, 0.6) is 0 Å². The molecule has 23 heavy (non-hydrogen) atoms. The maximum absolute atomic E-state index is 12.5. The number of ether oxygens (including phenoxy) is 1. The highest BCUT2D eigenvalue weighted by molar-refractivity contribution is 7.89. The molecule has 134 valence electrons. The van der Waals surface area contributed by atoms with Crippen LogP contribution in [0, 0.1) is 11.8 Å². The van der Waals surface area contributed by atoms with E-state index in [1.807, 2.05) is 6.92 Å². The second-order valence-electron chi connectivity index (χ2n) is 6.91. The van der Waals surface area contributed by atoms with Crippen molar-refractivity contribution in [2.75, 3.05) is 32.5 Å². The SMILES string of the molecule is CNC(=O)C1CCN(S(=O)(=O)CC(C)COC2CCCC2)CC1. The van der Waals surface area contributed by atoms with Gasteiger partial charge in [0, 0.05) is 26.1 Å². The molecule has 0 aromatic rings. The monoisotopic (exact) mass is 346 g/mol. The van der Waals surface area contributed by atoms with Crippen LogP contribution in [0.15, 0.2) is 0 Å². The number of rotatable bonds is 7. The highest BCUT2D eigenvalue weighted by atomic mass is 32.2. The Hall–Kier alpha value is -0.660. The Morgan fingerprint density at radius 3 is 2.39 bits per heavy atom. The summed E-state index contributed by atoms with van der Waals surface area (Å²) in [5, 5.41) is 2.64. The minimum atomic E-state index is -3.26. The van der Waals surface area contributed by atoms with E-state index in [9.17, 15) is 13.2 Å². The van der Waals surface area contributed by atoms with Gasteiger partial charge in [0.25, 0.3) is 0 Å². The van der Waals surface area contributed by atoms with Crippen LogP contribution in [0.25, 0.3) is 0 Å². The number of nitrogens with zero attached hydrogens (tertiary/aromatic N) is 1. The van der Waals surface area contributed by atoms with Crippen LogP contribution in [0.3, 0.4) is 0 Å². The van der Waals surface area contributed by atoms with E-state index in [1.54, 1.807) is 11.4 Å². The summed E-state index contributed by atoms with van der Waals surface area (Å²) in [4.78, 5) is 11.6. The Labute approximate surface area is 140 Å². The molecule has 1 amide bonds. The molecule has 1 saturated heterocycles. The van der Waals surface area contributed by atoms with Crippen LogP contribution in [0.1, 0.15) is 45.4 Å². The van der Waals surface area contributed by atoms with Gasteiger partial charge in [-0.15, -0.1) is 0 Å². The van der Waals surface area contributed by atoms with Gasteiger partial charge in [-0.05, 0) is 31.6 Å². The first-order valence-corrected chi connectivity index (χ1v) is 10.3. The van der Waals surface area contributed by atoms with E-state index in [1.165, 1.54) is 12.8 Å². The van der Waals surface area contributed by atoms with Gasteiger partial charge in [0.2, 0.25) is 15.9 Å². The first kappa shape index (κ1) is 18.7. The van der Waals surface area contributed by atoms with Gasteiger partial charge in [-0.3, -0.25) is 4.79 Å². The van der Waals surface area contributed by atoms with Crippen molar-refractivity contribution in [3.63, 3.8) is 0 Å². The van der Waals surface area contributed by atoms with E-state index in [0.29, 0.717) is 38.6 Å². The highest BCUT2D eigenvalue weighted by Crippen LogP contribution is 2.23. The summed E-state index contributed by atoms with van der Waals surface area (Å²) in [6, 6.07) is 0. The number of piperidine rings is 1. The molecule has 1 atom stereocenters. The minimum absolute atomic E-state index is 0.00253. The van der Waals surface area contributed by atoms with Crippen molar-refractivity contribution in [2.24, 2.45) is 11.8 Å². The van der Waals surface area contributed by atoms with Gasteiger partial charge in [-0.25, -0.2) is 12.7 Å². The second-order valence-corrected chi connectivity index (χ2v) is 8.92. The fourth-order valence-corrected chi connectivity index (χ4v) is 5.26. The molecular weight excluding hydrogens is 316 g/mol. The third kappa shape index (κ3) is 5.43. The lowest BCUT2D eigenvalue weighted by molar-refractivity contribution is -0.125. The molecule has 6 nitrogen and oxygen atoms in total. The molecule has 0 aromatic heterocycles. The molecule has 1 aliphatic heterocycles. The second kappa shape index (κ2) is 8.44. The average molecular weight is 346 g/mol. The largest absolute Gasteiger partial charge is 0.378 e. The molecular formula is C16H30N2O4S.